The van der Waals surface area contributed by atoms with E-state index < -0.39 is 23.8 Å². The number of para-hydroxylation sites is 1. The van der Waals surface area contributed by atoms with E-state index >= 15 is 0 Å². The molecule has 194 valence electrons. The molecule has 1 saturated carbocycles. The van der Waals surface area contributed by atoms with Crippen LogP contribution in [0.3, 0.4) is 0 Å². The van der Waals surface area contributed by atoms with Crippen LogP contribution in [-0.4, -0.2) is 45.6 Å². The number of alkyl carbamates (subject to hydrolysis) is 1. The average Bonchev–Trinajstić information content (AvgIpc) is 2.74. The van der Waals surface area contributed by atoms with Gasteiger partial charge in [-0.15, -0.1) is 0 Å². The first-order valence-electron chi connectivity index (χ1n) is 12.3. The molecule has 36 heavy (non-hydrogen) atoms. The highest BCUT2D eigenvalue weighted by Crippen LogP contribution is 2.35. The van der Waals surface area contributed by atoms with E-state index in [0.717, 1.165) is 30.4 Å². The number of hydrogen-bond donors (Lipinski definition) is 3. The lowest BCUT2D eigenvalue weighted by atomic mass is 9.88. The molecule has 0 spiro atoms. The maximum absolute atomic E-state index is 13.8. The minimum atomic E-state index is -0.953. The molecule has 1 aliphatic carbocycles. The first-order chi connectivity index (χ1) is 16.9. The Morgan fingerprint density at radius 3 is 2.11 bits per heavy atom. The van der Waals surface area contributed by atoms with Crippen molar-refractivity contribution >= 4 is 23.6 Å². The fraction of sp³-hybridized carbons (Fsp3) is 0.464. The number of nitrogens with one attached hydrogen (secondary N) is 2. The average molecular weight is 496 g/mol. The molecule has 2 aromatic carbocycles. The summed E-state index contributed by atoms with van der Waals surface area (Å²) < 4.78 is 5.32. The number of anilines is 1. The van der Waals surface area contributed by atoms with E-state index in [0.29, 0.717) is 11.3 Å². The van der Waals surface area contributed by atoms with Gasteiger partial charge in [-0.25, -0.2) is 4.79 Å². The fourth-order valence-corrected chi connectivity index (χ4v) is 4.25. The number of hydrogen-bond acceptors (Lipinski definition) is 5. The molecule has 8 nitrogen and oxygen atoms in total. The molecule has 0 saturated heterocycles. The largest absolute Gasteiger partial charge is 0.508 e. The molecule has 2 atom stereocenters. The van der Waals surface area contributed by atoms with Crippen molar-refractivity contribution in [1.82, 2.24) is 10.2 Å². The van der Waals surface area contributed by atoms with Crippen LogP contribution in [0.2, 0.25) is 0 Å². The molecule has 0 heterocycles. The molecule has 2 unspecified atom stereocenters. The molecule has 8 heteroatoms. The van der Waals surface area contributed by atoms with Crippen LogP contribution in [0.25, 0.3) is 0 Å². The van der Waals surface area contributed by atoms with Gasteiger partial charge in [-0.3, -0.25) is 9.59 Å². The van der Waals surface area contributed by atoms with Gasteiger partial charge in [0.05, 0.1) is 0 Å². The van der Waals surface area contributed by atoms with Crippen molar-refractivity contribution in [2.45, 2.75) is 84.5 Å². The minimum Gasteiger partial charge on any atom is -0.508 e. The smallest absolute Gasteiger partial charge is 0.408 e. The zero-order valence-electron chi connectivity index (χ0n) is 21.9. The second-order valence-electron chi connectivity index (χ2n) is 10.4. The Hall–Kier alpha value is -3.55. The number of aryl methyl sites for hydroxylation is 2. The lowest BCUT2D eigenvalue weighted by Crippen LogP contribution is -2.56. The summed E-state index contributed by atoms with van der Waals surface area (Å²) in [6.45, 7) is 10.7. The highest BCUT2D eigenvalue weighted by molar-refractivity contribution is 6.00. The Bertz CT molecular complexity index is 1080. The summed E-state index contributed by atoms with van der Waals surface area (Å²) in [6.07, 6.45) is 1.77. The molecule has 1 fully saturated rings. The molecule has 3 amide bonds. The summed E-state index contributed by atoms with van der Waals surface area (Å²) in [5.41, 5.74) is 2.39. The van der Waals surface area contributed by atoms with Crippen molar-refractivity contribution in [2.75, 3.05) is 5.32 Å². The quantitative estimate of drug-likeness (QED) is 0.502. The second kappa shape index (κ2) is 11.0. The number of amides is 3. The third-order valence-electron chi connectivity index (χ3n) is 6.29. The maximum atomic E-state index is 13.8. The van der Waals surface area contributed by atoms with Gasteiger partial charge >= 0.3 is 6.09 Å². The van der Waals surface area contributed by atoms with Crippen LogP contribution in [0.1, 0.15) is 69.7 Å². The number of benzene rings is 2. The molecule has 0 radical (unpaired) electrons. The van der Waals surface area contributed by atoms with Gasteiger partial charge in [0.15, 0.2) is 0 Å². The molecule has 3 rings (SSSR count). The van der Waals surface area contributed by atoms with Gasteiger partial charge in [-0.2, -0.15) is 0 Å². The van der Waals surface area contributed by atoms with Gasteiger partial charge in [0.2, 0.25) is 5.91 Å². The Morgan fingerprint density at radius 2 is 1.61 bits per heavy atom. The van der Waals surface area contributed by atoms with E-state index in [1.165, 1.54) is 12.1 Å². The summed E-state index contributed by atoms with van der Waals surface area (Å²) >= 11 is 0. The molecular weight excluding hydrogens is 458 g/mol. The first kappa shape index (κ1) is 27.0. The van der Waals surface area contributed by atoms with Crippen LogP contribution in [0.15, 0.2) is 42.5 Å². The normalized spacial score (nSPS) is 15.3. The minimum absolute atomic E-state index is 0.0640. The van der Waals surface area contributed by atoms with Gasteiger partial charge in [-0.1, -0.05) is 30.3 Å². The Morgan fingerprint density at radius 1 is 1.03 bits per heavy atom. The number of carbonyl (C=O) groups is 3. The first-order valence-corrected chi connectivity index (χ1v) is 12.3. The highest BCUT2D eigenvalue weighted by Gasteiger charge is 2.41. The Labute approximate surface area is 213 Å². The second-order valence-corrected chi connectivity index (χ2v) is 10.4. The molecule has 3 N–H and O–H groups in total. The van der Waals surface area contributed by atoms with Gasteiger partial charge in [0.1, 0.15) is 23.4 Å². The van der Waals surface area contributed by atoms with Crippen LogP contribution >= 0.6 is 0 Å². The summed E-state index contributed by atoms with van der Waals surface area (Å²) in [4.78, 5) is 41.6. The predicted octanol–water partition coefficient (Wildman–Crippen LogP) is 4.98. The number of nitrogens with zero attached hydrogens (tertiary/aromatic N) is 1. The van der Waals surface area contributed by atoms with E-state index in [1.54, 1.807) is 44.7 Å². The third-order valence-corrected chi connectivity index (χ3v) is 6.29. The van der Waals surface area contributed by atoms with E-state index in [-0.39, 0.29) is 23.6 Å². The summed E-state index contributed by atoms with van der Waals surface area (Å²) in [5.74, 6) is -0.669. The van der Waals surface area contributed by atoms with Crippen LogP contribution in [0.4, 0.5) is 10.5 Å². The van der Waals surface area contributed by atoms with E-state index in [1.807, 2.05) is 32.0 Å². The Balaban J connectivity index is 1.97. The lowest BCUT2D eigenvalue weighted by Gasteiger charge is -2.43. The monoisotopic (exact) mass is 495 g/mol. The predicted molar refractivity (Wildman–Crippen MR) is 139 cm³/mol. The van der Waals surface area contributed by atoms with Crippen LogP contribution in [0.5, 0.6) is 5.75 Å². The van der Waals surface area contributed by atoms with Crippen LogP contribution in [-0.2, 0) is 14.3 Å². The molecule has 0 bridgehead atoms. The molecule has 1 aliphatic rings. The van der Waals surface area contributed by atoms with Crippen molar-refractivity contribution in [3.8, 4) is 5.75 Å². The van der Waals surface area contributed by atoms with Crippen molar-refractivity contribution in [3.63, 3.8) is 0 Å². The van der Waals surface area contributed by atoms with Gasteiger partial charge in [0, 0.05) is 11.7 Å². The third kappa shape index (κ3) is 6.56. The standard InChI is InChI=1S/C28H37N3O5/c1-17-9-7-10-18(2)23(17)30-25(33)24(20-13-15-22(32)16-14-20)31(21-11-8-12-21)26(34)19(3)29-27(35)36-28(4,5)6/h7,9-10,13-16,19,21,24,32H,8,11-12H2,1-6H3,(H,29,35)(H,30,33). The van der Waals surface area contributed by atoms with Crippen molar-refractivity contribution in [2.24, 2.45) is 0 Å². The maximum Gasteiger partial charge on any atom is 0.408 e. The zero-order chi connectivity index (χ0) is 26.6. The van der Waals surface area contributed by atoms with E-state index in [4.69, 9.17) is 4.74 Å². The number of phenols is 1. The molecular formula is C28H37N3O5. The lowest BCUT2D eigenvalue weighted by molar-refractivity contribution is -0.145. The molecule has 0 aliphatic heterocycles. The van der Waals surface area contributed by atoms with E-state index in [9.17, 15) is 19.5 Å². The number of aromatic hydroxyl groups is 1. The van der Waals surface area contributed by atoms with Gasteiger partial charge in [-0.05, 0) is 89.6 Å². The highest BCUT2D eigenvalue weighted by atomic mass is 16.6. The molecule has 2 aromatic rings. The van der Waals surface area contributed by atoms with Crippen LogP contribution < -0.4 is 10.6 Å². The van der Waals surface area contributed by atoms with Gasteiger partial charge in [0.25, 0.3) is 5.91 Å². The SMILES string of the molecule is Cc1cccc(C)c1NC(=O)C(c1ccc(O)cc1)N(C(=O)C(C)NC(=O)OC(C)(C)C)C1CCC1. The van der Waals surface area contributed by atoms with Crippen LogP contribution in [0, 0.1) is 13.8 Å². The number of phenolic OH excluding ortho intramolecular Hbond substituents is 1. The molecule has 0 aromatic heterocycles. The number of rotatable bonds is 7. The van der Waals surface area contributed by atoms with E-state index in [2.05, 4.69) is 10.6 Å². The summed E-state index contributed by atoms with van der Waals surface area (Å²) in [7, 11) is 0. The summed E-state index contributed by atoms with van der Waals surface area (Å²) in [5, 5.41) is 15.5. The fourth-order valence-electron chi connectivity index (χ4n) is 4.25. The summed E-state index contributed by atoms with van der Waals surface area (Å²) in [6, 6.07) is 10.0. The van der Waals surface area contributed by atoms with Crippen molar-refractivity contribution < 1.29 is 24.2 Å². The topological polar surface area (TPSA) is 108 Å². The number of ether oxygens (including phenoxy) is 1. The Kier molecular flexibility index (Phi) is 8.28. The van der Waals surface area contributed by atoms with Crippen molar-refractivity contribution in [3.05, 3.63) is 59.2 Å². The number of carbonyl (C=O) groups excluding carboxylic acids is 3. The van der Waals surface area contributed by atoms with Gasteiger partial charge < -0.3 is 25.4 Å². The zero-order valence-corrected chi connectivity index (χ0v) is 21.9. The van der Waals surface area contributed by atoms with Crippen molar-refractivity contribution in [1.29, 1.82) is 0 Å².